The highest BCUT2D eigenvalue weighted by Crippen LogP contribution is 2.47. The molecule has 0 aliphatic carbocycles. The second-order valence-electron chi connectivity index (χ2n) is 8.35. The molecule has 5 heterocycles. The van der Waals surface area contributed by atoms with Gasteiger partial charge in [-0.15, -0.1) is 0 Å². The molecule has 0 radical (unpaired) electrons. The topological polar surface area (TPSA) is 45.7 Å². The van der Waals surface area contributed by atoms with Gasteiger partial charge in [0.05, 0.1) is 7.11 Å². The monoisotopic (exact) mass is 377 g/mol. The minimum Gasteiger partial charge on any atom is -0.497 e. The lowest BCUT2D eigenvalue weighted by atomic mass is 9.75. The van der Waals surface area contributed by atoms with E-state index in [0.29, 0.717) is 23.6 Å². The zero-order valence-corrected chi connectivity index (χ0v) is 16.5. The lowest BCUT2D eigenvalue weighted by Gasteiger charge is -2.51. The molecule has 5 heteroatoms. The van der Waals surface area contributed by atoms with Crippen molar-refractivity contribution < 1.29 is 9.53 Å². The van der Waals surface area contributed by atoms with Crippen LogP contribution in [0.1, 0.15) is 41.6 Å². The first-order chi connectivity index (χ1) is 13.7. The third kappa shape index (κ3) is 2.80. The number of carbonyl (C=O) groups is 1. The number of hydrogen-bond donors (Lipinski definition) is 0. The maximum absolute atomic E-state index is 11.6. The van der Waals surface area contributed by atoms with Crippen LogP contribution in [0.5, 0.6) is 5.75 Å². The number of ketones is 1. The van der Waals surface area contributed by atoms with Gasteiger partial charge in [0.25, 0.3) is 0 Å². The number of piperidine rings is 3. The average molecular weight is 377 g/mol. The van der Waals surface area contributed by atoms with E-state index in [-0.39, 0.29) is 5.78 Å². The molecule has 4 aliphatic rings. The number of fused-ring (bicyclic) bond motifs is 2. The summed E-state index contributed by atoms with van der Waals surface area (Å²) in [5.41, 5.74) is 2.06. The van der Waals surface area contributed by atoms with E-state index in [1.54, 1.807) is 20.2 Å². The summed E-state index contributed by atoms with van der Waals surface area (Å²) in [5.74, 6) is 3.17. The predicted molar refractivity (Wildman–Crippen MR) is 109 cm³/mol. The van der Waals surface area contributed by atoms with Crippen LogP contribution in [0.3, 0.4) is 0 Å². The van der Waals surface area contributed by atoms with E-state index in [9.17, 15) is 4.79 Å². The number of rotatable bonds is 4. The highest BCUT2D eigenvalue weighted by molar-refractivity contribution is 5.93. The molecule has 6 rings (SSSR count). The van der Waals surface area contributed by atoms with Crippen molar-refractivity contribution in [3.8, 4) is 5.75 Å². The van der Waals surface area contributed by atoms with Crippen molar-refractivity contribution in [2.24, 2.45) is 5.92 Å². The zero-order valence-electron chi connectivity index (χ0n) is 16.5. The van der Waals surface area contributed by atoms with E-state index in [1.165, 1.54) is 31.5 Å². The summed E-state index contributed by atoms with van der Waals surface area (Å²) in [6.45, 7) is 4.99. The Balaban J connectivity index is 1.50. The van der Waals surface area contributed by atoms with Crippen molar-refractivity contribution in [1.82, 2.24) is 9.88 Å². The van der Waals surface area contributed by atoms with E-state index in [4.69, 9.17) is 4.74 Å². The van der Waals surface area contributed by atoms with Crippen molar-refractivity contribution in [3.05, 3.63) is 53.7 Å². The Morgan fingerprint density at radius 1 is 1.07 bits per heavy atom. The van der Waals surface area contributed by atoms with Gasteiger partial charge < -0.3 is 9.64 Å². The van der Waals surface area contributed by atoms with Gasteiger partial charge in [0.1, 0.15) is 11.6 Å². The molecule has 2 aromatic rings. The van der Waals surface area contributed by atoms with Gasteiger partial charge in [-0.05, 0) is 68.6 Å². The number of ether oxygens (including phenoxy) is 1. The number of benzene rings is 1. The number of pyridine rings is 1. The largest absolute Gasteiger partial charge is 0.497 e. The summed E-state index contributed by atoms with van der Waals surface area (Å²) in [7, 11) is 1.71. The number of methoxy groups -OCH3 is 1. The minimum absolute atomic E-state index is 0.0669. The Kier molecular flexibility index (Phi) is 4.35. The normalized spacial score (nSPS) is 30.9. The number of Topliss-reactive ketones (excluding diaryl/α,β-unsaturated/α-hetero) is 1. The number of anilines is 1. The fourth-order valence-electron chi connectivity index (χ4n) is 5.59. The first-order valence-electron chi connectivity index (χ1n) is 10.3. The molecule has 146 valence electrons. The van der Waals surface area contributed by atoms with Gasteiger partial charge in [0.15, 0.2) is 5.78 Å². The third-order valence-corrected chi connectivity index (χ3v) is 6.99. The Hall–Kier alpha value is -2.40. The fraction of sp³-hybridized carbons (Fsp3) is 0.478. The lowest BCUT2D eigenvalue weighted by molar-refractivity contribution is 0.0354. The number of nitrogens with zero attached hydrogens (tertiary/aromatic N) is 3. The molecule has 28 heavy (non-hydrogen) atoms. The molecule has 0 N–H and O–H groups in total. The van der Waals surface area contributed by atoms with Crippen molar-refractivity contribution >= 4 is 11.6 Å². The molecule has 4 fully saturated rings. The van der Waals surface area contributed by atoms with Crippen molar-refractivity contribution in [3.63, 3.8) is 0 Å². The van der Waals surface area contributed by atoms with Gasteiger partial charge in [-0.3, -0.25) is 9.69 Å². The molecule has 1 aromatic heterocycles. The Labute approximate surface area is 166 Å². The maximum Gasteiger partial charge on any atom is 0.161 e. The van der Waals surface area contributed by atoms with Gasteiger partial charge in [-0.1, -0.05) is 12.1 Å². The van der Waals surface area contributed by atoms with Crippen LogP contribution in [0.15, 0.2) is 42.6 Å². The zero-order chi connectivity index (χ0) is 19.3. The lowest BCUT2D eigenvalue weighted by Crippen LogP contribution is -2.60. The smallest absolute Gasteiger partial charge is 0.161 e. The van der Waals surface area contributed by atoms with Crippen LogP contribution in [-0.2, 0) is 0 Å². The molecule has 4 aliphatic heterocycles. The Morgan fingerprint density at radius 3 is 2.43 bits per heavy atom. The standard InChI is InChI=1S/C23H27N3O2/c1-15(27)18-5-8-21(24-13-18)26-14-20(16-3-6-19(28-2)7-4-16)23-22(26)17-9-11-25(23)12-10-17/h3-8,13,17,20,22-23H,9-12,14H2,1-2H3/t20-,22+,23+/m0/s1. The fourth-order valence-corrected chi connectivity index (χ4v) is 5.59. The average Bonchev–Trinajstić information content (AvgIpc) is 3.17. The van der Waals surface area contributed by atoms with Gasteiger partial charge in [-0.25, -0.2) is 4.98 Å². The predicted octanol–water partition coefficient (Wildman–Crippen LogP) is 3.36. The van der Waals surface area contributed by atoms with E-state index < -0.39 is 0 Å². The first kappa shape index (κ1) is 17.7. The highest BCUT2D eigenvalue weighted by atomic mass is 16.5. The van der Waals surface area contributed by atoms with Crippen LogP contribution in [0.25, 0.3) is 0 Å². The third-order valence-electron chi connectivity index (χ3n) is 6.99. The van der Waals surface area contributed by atoms with Crippen LogP contribution >= 0.6 is 0 Å². The van der Waals surface area contributed by atoms with E-state index in [0.717, 1.165) is 24.0 Å². The number of aromatic nitrogens is 1. The minimum atomic E-state index is 0.0669. The van der Waals surface area contributed by atoms with Crippen LogP contribution < -0.4 is 9.64 Å². The van der Waals surface area contributed by atoms with Crippen LogP contribution in [0.2, 0.25) is 0 Å². The molecular formula is C23H27N3O2. The van der Waals surface area contributed by atoms with E-state index in [1.807, 2.05) is 12.1 Å². The number of hydrogen-bond acceptors (Lipinski definition) is 5. The molecule has 0 saturated carbocycles. The summed E-state index contributed by atoms with van der Waals surface area (Å²) in [4.78, 5) is 21.5. The van der Waals surface area contributed by atoms with Gasteiger partial charge in [-0.2, -0.15) is 0 Å². The second kappa shape index (κ2) is 6.89. The first-order valence-corrected chi connectivity index (χ1v) is 10.3. The number of carbonyl (C=O) groups excluding carboxylic acids is 1. The summed E-state index contributed by atoms with van der Waals surface area (Å²) in [6, 6.07) is 13.6. The molecule has 0 unspecified atom stereocenters. The van der Waals surface area contributed by atoms with Gasteiger partial charge in [0, 0.05) is 36.3 Å². The van der Waals surface area contributed by atoms with Crippen LogP contribution in [-0.4, -0.2) is 54.5 Å². The summed E-state index contributed by atoms with van der Waals surface area (Å²) < 4.78 is 5.35. The van der Waals surface area contributed by atoms with E-state index in [2.05, 4.69) is 39.0 Å². The molecule has 0 spiro atoms. The van der Waals surface area contributed by atoms with Gasteiger partial charge in [0.2, 0.25) is 0 Å². The van der Waals surface area contributed by atoms with E-state index >= 15 is 0 Å². The van der Waals surface area contributed by atoms with Crippen molar-refractivity contribution in [2.75, 3.05) is 31.6 Å². The molecule has 1 aromatic carbocycles. The maximum atomic E-state index is 11.6. The molecule has 5 nitrogen and oxygen atoms in total. The van der Waals surface area contributed by atoms with Gasteiger partial charge >= 0.3 is 0 Å². The SMILES string of the molecule is COc1ccc([C@@H]2CN(c3ccc(C(C)=O)cn3)[C@@H]3C4CCN(CC4)[C@@H]32)cc1. The quantitative estimate of drug-likeness (QED) is 0.765. The molecule has 4 saturated heterocycles. The second-order valence-corrected chi connectivity index (χ2v) is 8.35. The summed E-state index contributed by atoms with van der Waals surface area (Å²) in [6.07, 6.45) is 4.28. The Bertz CT molecular complexity index is 856. The van der Waals surface area contributed by atoms with Crippen LogP contribution in [0, 0.1) is 5.92 Å². The molecule has 2 bridgehead atoms. The Morgan fingerprint density at radius 2 is 1.82 bits per heavy atom. The highest BCUT2D eigenvalue weighted by Gasteiger charge is 2.53. The summed E-state index contributed by atoms with van der Waals surface area (Å²) >= 11 is 0. The molecular weight excluding hydrogens is 350 g/mol. The van der Waals surface area contributed by atoms with Crippen LogP contribution in [0.4, 0.5) is 5.82 Å². The van der Waals surface area contributed by atoms with Crippen molar-refractivity contribution in [2.45, 2.75) is 37.8 Å². The molecule has 0 amide bonds. The van der Waals surface area contributed by atoms with Crippen molar-refractivity contribution in [1.29, 1.82) is 0 Å². The molecule has 3 atom stereocenters. The summed E-state index contributed by atoms with van der Waals surface area (Å²) in [5, 5.41) is 0.